The molecule has 0 unspecified atom stereocenters. The lowest BCUT2D eigenvalue weighted by atomic mass is 10.1. The predicted octanol–water partition coefficient (Wildman–Crippen LogP) is 4.54. The van der Waals surface area contributed by atoms with Crippen LogP contribution in [0, 0.1) is 0 Å². The molecule has 10 heteroatoms. The lowest BCUT2D eigenvalue weighted by Gasteiger charge is -2.35. The summed E-state index contributed by atoms with van der Waals surface area (Å²) in [6.45, 7) is 3.60. The molecule has 204 valence electrons. The largest absolute Gasteiger partial charge is 0.495 e. The van der Waals surface area contributed by atoms with Crippen LogP contribution in [0.5, 0.6) is 5.75 Å². The van der Waals surface area contributed by atoms with E-state index in [4.69, 9.17) is 16.3 Å². The van der Waals surface area contributed by atoms with Gasteiger partial charge in [0.1, 0.15) is 11.3 Å². The topological polar surface area (TPSA) is 84.6 Å². The van der Waals surface area contributed by atoms with E-state index in [0.717, 1.165) is 42.8 Å². The molecule has 1 fully saturated rings. The second kappa shape index (κ2) is 10.3. The Morgan fingerprint density at radius 2 is 1.70 bits per heavy atom. The van der Waals surface area contributed by atoms with Crippen LogP contribution in [0.15, 0.2) is 71.5 Å². The number of hydrogen-bond acceptors (Lipinski definition) is 6. The lowest BCUT2D eigenvalue weighted by molar-refractivity contribution is 0.102. The van der Waals surface area contributed by atoms with Gasteiger partial charge in [-0.25, -0.2) is 0 Å². The molecule has 1 aliphatic rings. The van der Waals surface area contributed by atoms with Crippen LogP contribution in [0.25, 0.3) is 27.5 Å². The second-order valence-electron chi connectivity index (χ2n) is 9.95. The summed E-state index contributed by atoms with van der Waals surface area (Å²) < 4.78 is 8.32. The highest BCUT2D eigenvalue weighted by molar-refractivity contribution is 6.32. The molecule has 5 aromatic rings. The van der Waals surface area contributed by atoms with Crippen LogP contribution in [0.3, 0.4) is 0 Å². The number of carbonyl (C=O) groups excluding carboxylic acids is 1. The van der Waals surface area contributed by atoms with Crippen molar-refractivity contribution in [1.82, 2.24) is 19.2 Å². The number of anilines is 2. The minimum absolute atomic E-state index is 0.145. The predicted molar refractivity (Wildman–Crippen MR) is 159 cm³/mol. The molecule has 0 radical (unpaired) electrons. The van der Waals surface area contributed by atoms with E-state index in [1.54, 1.807) is 18.2 Å². The molecular formula is C30H29ClN6O3. The highest BCUT2D eigenvalue weighted by Gasteiger charge is 2.25. The molecule has 3 heterocycles. The summed E-state index contributed by atoms with van der Waals surface area (Å²) in [7, 11) is 5.45. The van der Waals surface area contributed by atoms with Crippen LogP contribution >= 0.6 is 11.6 Å². The van der Waals surface area contributed by atoms with E-state index in [0.29, 0.717) is 33.0 Å². The number of halogens is 1. The van der Waals surface area contributed by atoms with Gasteiger partial charge in [-0.1, -0.05) is 41.9 Å². The van der Waals surface area contributed by atoms with Crippen LogP contribution in [-0.4, -0.2) is 65.5 Å². The first-order valence-electron chi connectivity index (χ1n) is 13.1. The Labute approximate surface area is 236 Å². The number of nitrogens with zero attached hydrogens (tertiary/aromatic N) is 5. The second-order valence-corrected chi connectivity index (χ2v) is 10.4. The van der Waals surface area contributed by atoms with Crippen molar-refractivity contribution >= 4 is 50.7 Å². The zero-order valence-electron chi connectivity index (χ0n) is 22.5. The zero-order chi connectivity index (χ0) is 28.0. The normalized spacial score (nSPS) is 14.2. The van der Waals surface area contributed by atoms with Gasteiger partial charge in [-0.2, -0.15) is 9.78 Å². The number of hydrogen-bond donors (Lipinski definition) is 1. The van der Waals surface area contributed by atoms with E-state index in [2.05, 4.69) is 27.3 Å². The number of para-hydroxylation sites is 3. The first-order valence-corrected chi connectivity index (χ1v) is 13.4. The molecule has 0 saturated carbocycles. The average Bonchev–Trinajstić information content (AvgIpc) is 3.27. The summed E-state index contributed by atoms with van der Waals surface area (Å²) in [5.74, 6) is 0.0684. The number of methoxy groups -OCH3 is 1. The van der Waals surface area contributed by atoms with E-state index in [1.807, 2.05) is 60.1 Å². The summed E-state index contributed by atoms with van der Waals surface area (Å²) in [5, 5.41) is 9.36. The zero-order valence-corrected chi connectivity index (χ0v) is 23.3. The van der Waals surface area contributed by atoms with Gasteiger partial charge in [0.2, 0.25) is 0 Å². The Kier molecular flexibility index (Phi) is 6.69. The van der Waals surface area contributed by atoms with Crippen molar-refractivity contribution in [3.05, 3.63) is 87.8 Å². The third-order valence-electron chi connectivity index (χ3n) is 7.53. The lowest BCUT2D eigenvalue weighted by Crippen LogP contribution is -2.44. The maximum absolute atomic E-state index is 14.1. The number of likely N-dealkylation sites (N-methyl/N-ethyl adjacent to an activating group) is 1. The molecule has 1 saturated heterocycles. The summed E-state index contributed by atoms with van der Waals surface area (Å²) in [6.07, 6.45) is 0. The van der Waals surface area contributed by atoms with Crippen molar-refractivity contribution in [2.45, 2.75) is 0 Å². The van der Waals surface area contributed by atoms with Gasteiger partial charge in [0, 0.05) is 49.5 Å². The van der Waals surface area contributed by atoms with Crippen molar-refractivity contribution in [2.75, 3.05) is 50.6 Å². The summed E-state index contributed by atoms with van der Waals surface area (Å²) in [5.41, 5.74) is 3.06. The number of aryl methyl sites for hydroxylation is 1. The maximum atomic E-state index is 14.1. The number of fused-ring (bicyclic) bond motifs is 3. The molecule has 0 aliphatic carbocycles. The highest BCUT2D eigenvalue weighted by Crippen LogP contribution is 2.32. The molecule has 3 aromatic carbocycles. The standard InChI is InChI=1S/C30H29ClN6O3/c1-34-14-16-36(17-15-34)24-11-7-5-9-22(24)32-29(38)27-26-20-8-4-6-10-23(20)35(2)28(26)30(39)37(33-27)19-12-13-25(40-3)21(31)18-19/h4-13,18H,14-17H2,1-3H3,(H,32,38). The summed E-state index contributed by atoms with van der Waals surface area (Å²) in [6, 6.07) is 20.4. The van der Waals surface area contributed by atoms with Gasteiger partial charge in [0.15, 0.2) is 5.69 Å². The van der Waals surface area contributed by atoms with Crippen LogP contribution in [0.2, 0.25) is 5.02 Å². The molecule has 0 spiro atoms. The van der Waals surface area contributed by atoms with Gasteiger partial charge in [-0.15, -0.1) is 0 Å². The molecule has 0 bridgehead atoms. The minimum atomic E-state index is -0.406. The van der Waals surface area contributed by atoms with E-state index in [-0.39, 0.29) is 11.3 Å². The van der Waals surface area contributed by atoms with E-state index in [9.17, 15) is 9.59 Å². The molecule has 6 rings (SSSR count). The molecule has 40 heavy (non-hydrogen) atoms. The van der Waals surface area contributed by atoms with Crippen molar-refractivity contribution < 1.29 is 9.53 Å². The molecule has 0 atom stereocenters. The number of ether oxygens (including phenoxy) is 1. The van der Waals surface area contributed by atoms with Crippen LogP contribution in [-0.2, 0) is 7.05 Å². The van der Waals surface area contributed by atoms with E-state index >= 15 is 0 Å². The average molecular weight is 557 g/mol. The Bertz CT molecular complexity index is 1820. The van der Waals surface area contributed by atoms with Crippen LogP contribution in [0.1, 0.15) is 10.5 Å². The fourth-order valence-corrected chi connectivity index (χ4v) is 5.64. The Morgan fingerprint density at radius 1 is 0.975 bits per heavy atom. The number of benzene rings is 3. The van der Waals surface area contributed by atoms with Crippen LogP contribution < -0.4 is 20.5 Å². The number of amides is 1. The fraction of sp³-hybridized carbons (Fsp3) is 0.233. The van der Waals surface area contributed by atoms with Gasteiger partial charge in [-0.05, 0) is 43.4 Å². The maximum Gasteiger partial charge on any atom is 0.296 e. The van der Waals surface area contributed by atoms with E-state index < -0.39 is 5.91 Å². The van der Waals surface area contributed by atoms with Gasteiger partial charge < -0.3 is 24.4 Å². The molecular weight excluding hydrogens is 528 g/mol. The first kappa shape index (κ1) is 25.9. The molecule has 1 aliphatic heterocycles. The number of rotatable bonds is 5. The van der Waals surface area contributed by atoms with Crippen molar-refractivity contribution in [3.63, 3.8) is 0 Å². The third kappa shape index (κ3) is 4.37. The Balaban J connectivity index is 1.52. The first-order chi connectivity index (χ1) is 19.4. The third-order valence-corrected chi connectivity index (χ3v) is 7.83. The van der Waals surface area contributed by atoms with E-state index in [1.165, 1.54) is 11.8 Å². The van der Waals surface area contributed by atoms with Gasteiger partial charge in [-0.3, -0.25) is 9.59 Å². The van der Waals surface area contributed by atoms with Gasteiger partial charge in [0.05, 0.1) is 29.2 Å². The van der Waals surface area contributed by atoms with Crippen molar-refractivity contribution in [3.8, 4) is 11.4 Å². The van der Waals surface area contributed by atoms with Gasteiger partial charge >= 0.3 is 0 Å². The Hall–Kier alpha value is -4.34. The monoisotopic (exact) mass is 556 g/mol. The molecule has 1 amide bonds. The quantitative estimate of drug-likeness (QED) is 0.342. The van der Waals surface area contributed by atoms with Crippen molar-refractivity contribution in [2.24, 2.45) is 7.05 Å². The van der Waals surface area contributed by atoms with Crippen molar-refractivity contribution in [1.29, 1.82) is 0 Å². The van der Waals surface area contributed by atoms with Gasteiger partial charge in [0.25, 0.3) is 11.5 Å². The number of nitrogens with one attached hydrogen (secondary N) is 1. The molecule has 1 N–H and O–H groups in total. The fourth-order valence-electron chi connectivity index (χ4n) is 5.38. The van der Waals surface area contributed by atoms with Crippen LogP contribution in [0.4, 0.5) is 11.4 Å². The number of carbonyl (C=O) groups is 1. The number of piperazine rings is 1. The molecule has 2 aromatic heterocycles. The number of aromatic nitrogens is 3. The minimum Gasteiger partial charge on any atom is -0.495 e. The Morgan fingerprint density at radius 3 is 2.45 bits per heavy atom. The smallest absolute Gasteiger partial charge is 0.296 e. The molecule has 9 nitrogen and oxygen atoms in total. The highest BCUT2D eigenvalue weighted by atomic mass is 35.5. The SMILES string of the molecule is COc1ccc(-n2nc(C(=O)Nc3ccccc3N3CCN(C)CC3)c3c4ccccc4n(C)c3c2=O)cc1Cl. The summed E-state index contributed by atoms with van der Waals surface area (Å²) in [4.78, 5) is 32.5. The summed E-state index contributed by atoms with van der Waals surface area (Å²) >= 11 is 6.40.